The van der Waals surface area contributed by atoms with Crippen LogP contribution < -0.4 is 0 Å². The molecule has 0 radical (unpaired) electrons. The van der Waals surface area contributed by atoms with Gasteiger partial charge in [0.2, 0.25) is 5.91 Å². The third kappa shape index (κ3) is 2.78. The summed E-state index contributed by atoms with van der Waals surface area (Å²) in [6.07, 6.45) is -0.0920. The summed E-state index contributed by atoms with van der Waals surface area (Å²) in [6.45, 7) is 4.85. The van der Waals surface area contributed by atoms with Crippen LogP contribution in [0.25, 0.3) is 0 Å². The van der Waals surface area contributed by atoms with Crippen LogP contribution in [-0.4, -0.2) is 23.9 Å². The summed E-state index contributed by atoms with van der Waals surface area (Å²) in [7, 11) is 0. The fourth-order valence-corrected chi connectivity index (χ4v) is 1.54. The van der Waals surface area contributed by atoms with Crippen LogP contribution in [0.15, 0.2) is 18.2 Å². The van der Waals surface area contributed by atoms with E-state index in [0.29, 0.717) is 13.1 Å². The number of hydrogen-bond donors (Lipinski definition) is 0. The van der Waals surface area contributed by atoms with Crippen LogP contribution in [0.1, 0.15) is 19.4 Å². The average molecular weight is 227 g/mol. The molecule has 0 aliphatic heterocycles. The maximum Gasteiger partial charge on any atom is 0.227 e. The number of amides is 1. The van der Waals surface area contributed by atoms with E-state index >= 15 is 0 Å². The lowest BCUT2D eigenvalue weighted by atomic mass is 10.1. The van der Waals surface area contributed by atoms with Gasteiger partial charge in [-0.3, -0.25) is 4.79 Å². The summed E-state index contributed by atoms with van der Waals surface area (Å²) in [5.41, 5.74) is 0.108. The second kappa shape index (κ2) is 5.58. The molecule has 2 nitrogen and oxygen atoms in total. The Kier molecular flexibility index (Phi) is 4.40. The summed E-state index contributed by atoms with van der Waals surface area (Å²) < 4.78 is 26.2. The topological polar surface area (TPSA) is 20.3 Å². The lowest BCUT2D eigenvalue weighted by Crippen LogP contribution is -2.32. The number of halogens is 2. The standard InChI is InChI=1S/C12H15F2NO/c1-3-15(4-2)11(16)8-9-6-5-7-10(13)12(9)14/h5-7H,3-4,8H2,1-2H3. The predicted octanol–water partition coefficient (Wildman–Crippen LogP) is 2.38. The molecule has 0 aliphatic carbocycles. The zero-order valence-corrected chi connectivity index (χ0v) is 9.46. The second-order valence-electron chi connectivity index (χ2n) is 3.46. The quantitative estimate of drug-likeness (QED) is 0.773. The Morgan fingerprint density at radius 1 is 1.25 bits per heavy atom. The first kappa shape index (κ1) is 12.6. The molecule has 4 heteroatoms. The maximum absolute atomic E-state index is 13.3. The molecule has 0 aromatic heterocycles. The van der Waals surface area contributed by atoms with E-state index in [1.807, 2.05) is 13.8 Å². The molecule has 0 atom stereocenters. The molecular formula is C12H15F2NO. The molecule has 0 aliphatic rings. The van der Waals surface area contributed by atoms with E-state index in [9.17, 15) is 13.6 Å². The molecule has 1 rings (SSSR count). The van der Waals surface area contributed by atoms with Crippen molar-refractivity contribution in [2.75, 3.05) is 13.1 Å². The van der Waals surface area contributed by atoms with Crippen LogP contribution in [0.2, 0.25) is 0 Å². The maximum atomic E-state index is 13.3. The minimum Gasteiger partial charge on any atom is -0.343 e. The second-order valence-corrected chi connectivity index (χ2v) is 3.46. The normalized spacial score (nSPS) is 10.2. The first-order valence-electron chi connectivity index (χ1n) is 5.30. The minimum atomic E-state index is -0.928. The highest BCUT2D eigenvalue weighted by Crippen LogP contribution is 2.12. The summed E-state index contributed by atoms with van der Waals surface area (Å²) in [4.78, 5) is 13.3. The molecule has 1 amide bonds. The van der Waals surface area contributed by atoms with Crippen LogP contribution in [0, 0.1) is 11.6 Å². The molecule has 0 saturated carbocycles. The van der Waals surface area contributed by atoms with Gasteiger partial charge in [0.25, 0.3) is 0 Å². The van der Waals surface area contributed by atoms with Gasteiger partial charge in [0.05, 0.1) is 6.42 Å². The highest BCUT2D eigenvalue weighted by molar-refractivity contribution is 5.78. The number of benzene rings is 1. The Balaban J connectivity index is 2.80. The van der Waals surface area contributed by atoms with Crippen molar-refractivity contribution in [1.82, 2.24) is 4.90 Å². The summed E-state index contributed by atoms with van der Waals surface area (Å²) >= 11 is 0. The van der Waals surface area contributed by atoms with E-state index < -0.39 is 11.6 Å². The Morgan fingerprint density at radius 2 is 1.88 bits per heavy atom. The Morgan fingerprint density at radius 3 is 2.44 bits per heavy atom. The van der Waals surface area contributed by atoms with Crippen LogP contribution in [0.3, 0.4) is 0 Å². The van der Waals surface area contributed by atoms with Crippen molar-refractivity contribution >= 4 is 5.91 Å². The van der Waals surface area contributed by atoms with Crippen molar-refractivity contribution in [2.24, 2.45) is 0 Å². The van der Waals surface area contributed by atoms with Crippen molar-refractivity contribution in [3.63, 3.8) is 0 Å². The van der Waals surface area contributed by atoms with Gasteiger partial charge in [-0.2, -0.15) is 0 Å². The van der Waals surface area contributed by atoms with Gasteiger partial charge in [-0.05, 0) is 19.9 Å². The van der Waals surface area contributed by atoms with Gasteiger partial charge in [0, 0.05) is 18.7 Å². The number of carbonyl (C=O) groups excluding carboxylic acids is 1. The van der Waals surface area contributed by atoms with Crippen molar-refractivity contribution in [2.45, 2.75) is 20.3 Å². The van der Waals surface area contributed by atoms with Gasteiger partial charge in [-0.25, -0.2) is 8.78 Å². The lowest BCUT2D eigenvalue weighted by molar-refractivity contribution is -0.130. The third-order valence-corrected chi connectivity index (χ3v) is 2.49. The molecule has 88 valence electrons. The monoisotopic (exact) mass is 227 g/mol. The van der Waals surface area contributed by atoms with E-state index in [1.165, 1.54) is 12.1 Å². The fourth-order valence-electron chi connectivity index (χ4n) is 1.54. The molecule has 16 heavy (non-hydrogen) atoms. The average Bonchev–Trinajstić information content (AvgIpc) is 2.26. The molecule has 1 aromatic carbocycles. The fraction of sp³-hybridized carbons (Fsp3) is 0.417. The van der Waals surface area contributed by atoms with Gasteiger partial charge in [-0.15, -0.1) is 0 Å². The number of nitrogens with zero attached hydrogens (tertiary/aromatic N) is 1. The predicted molar refractivity (Wildman–Crippen MR) is 58.0 cm³/mol. The molecule has 0 heterocycles. The van der Waals surface area contributed by atoms with Crippen molar-refractivity contribution in [3.8, 4) is 0 Å². The Labute approximate surface area is 93.9 Å². The molecule has 0 fully saturated rings. The first-order valence-corrected chi connectivity index (χ1v) is 5.30. The summed E-state index contributed by atoms with van der Waals surface area (Å²) in [6, 6.07) is 3.88. The highest BCUT2D eigenvalue weighted by Gasteiger charge is 2.14. The third-order valence-electron chi connectivity index (χ3n) is 2.49. The van der Waals surface area contributed by atoms with Crippen LogP contribution >= 0.6 is 0 Å². The molecule has 1 aromatic rings. The van der Waals surface area contributed by atoms with Crippen LogP contribution in [0.4, 0.5) is 8.78 Å². The largest absolute Gasteiger partial charge is 0.343 e. The van der Waals surface area contributed by atoms with Gasteiger partial charge in [0.15, 0.2) is 11.6 Å². The number of rotatable bonds is 4. The molecule has 0 spiro atoms. The van der Waals surface area contributed by atoms with Crippen molar-refractivity contribution in [1.29, 1.82) is 0 Å². The van der Waals surface area contributed by atoms with Gasteiger partial charge in [-0.1, -0.05) is 12.1 Å². The van der Waals surface area contributed by atoms with Gasteiger partial charge < -0.3 is 4.90 Å². The van der Waals surface area contributed by atoms with E-state index in [2.05, 4.69) is 0 Å². The summed E-state index contributed by atoms with van der Waals surface area (Å²) in [5, 5.41) is 0. The molecule has 0 N–H and O–H groups in total. The van der Waals surface area contributed by atoms with Crippen molar-refractivity contribution in [3.05, 3.63) is 35.4 Å². The minimum absolute atomic E-state index is 0.0920. The first-order chi connectivity index (χ1) is 7.60. The van der Waals surface area contributed by atoms with E-state index in [-0.39, 0.29) is 17.9 Å². The molecular weight excluding hydrogens is 212 g/mol. The smallest absolute Gasteiger partial charge is 0.227 e. The van der Waals surface area contributed by atoms with E-state index in [1.54, 1.807) is 4.90 Å². The number of likely N-dealkylation sites (N-methyl/N-ethyl adjacent to an activating group) is 1. The van der Waals surface area contributed by atoms with E-state index in [4.69, 9.17) is 0 Å². The SMILES string of the molecule is CCN(CC)C(=O)Cc1cccc(F)c1F. The Hall–Kier alpha value is -1.45. The molecule has 0 bridgehead atoms. The number of carbonyl (C=O) groups is 1. The van der Waals surface area contributed by atoms with E-state index in [0.717, 1.165) is 6.07 Å². The van der Waals surface area contributed by atoms with Gasteiger partial charge in [0.1, 0.15) is 0 Å². The lowest BCUT2D eigenvalue weighted by Gasteiger charge is -2.18. The summed E-state index contributed by atoms with van der Waals surface area (Å²) in [5.74, 6) is -2.03. The van der Waals surface area contributed by atoms with Crippen LogP contribution in [-0.2, 0) is 11.2 Å². The van der Waals surface area contributed by atoms with Crippen molar-refractivity contribution < 1.29 is 13.6 Å². The highest BCUT2D eigenvalue weighted by atomic mass is 19.2. The molecule has 0 unspecified atom stereocenters. The Bertz CT molecular complexity index is 375. The zero-order chi connectivity index (χ0) is 12.1. The van der Waals surface area contributed by atoms with Crippen LogP contribution in [0.5, 0.6) is 0 Å². The zero-order valence-electron chi connectivity index (χ0n) is 9.46. The molecule has 0 saturated heterocycles. The van der Waals surface area contributed by atoms with Gasteiger partial charge >= 0.3 is 0 Å². The number of hydrogen-bond acceptors (Lipinski definition) is 1.